The molecular weight excluding hydrogens is 252 g/mol. The summed E-state index contributed by atoms with van der Waals surface area (Å²) in [6.45, 7) is 0.781. The van der Waals surface area contributed by atoms with Gasteiger partial charge in [0.15, 0.2) is 0 Å². The lowest BCUT2D eigenvalue weighted by Crippen LogP contribution is -2.37. The number of nitrogens with one attached hydrogen (secondary N) is 1. The summed E-state index contributed by atoms with van der Waals surface area (Å²) in [5.41, 5.74) is 6.21. The van der Waals surface area contributed by atoms with Crippen molar-refractivity contribution in [2.45, 2.75) is 18.9 Å². The van der Waals surface area contributed by atoms with E-state index in [-0.39, 0.29) is 18.6 Å². The van der Waals surface area contributed by atoms with Crippen LogP contribution < -0.4 is 11.1 Å². The summed E-state index contributed by atoms with van der Waals surface area (Å²) in [5.74, 6) is 0.402. The molecule has 98 valence electrons. The second kappa shape index (κ2) is 6.18. The first-order valence-corrected chi connectivity index (χ1v) is 6.42. The lowest BCUT2D eigenvalue weighted by atomic mass is 9.82. The molecule has 0 atom stereocenters. The van der Waals surface area contributed by atoms with E-state index in [4.69, 9.17) is 22.1 Å². The van der Waals surface area contributed by atoms with Gasteiger partial charge in [-0.15, -0.1) is 0 Å². The number of anilines is 1. The molecule has 0 aliphatic heterocycles. The van der Waals surface area contributed by atoms with Crippen molar-refractivity contribution in [3.05, 3.63) is 29.3 Å². The van der Waals surface area contributed by atoms with Crippen LogP contribution in [0.3, 0.4) is 0 Å². The Morgan fingerprint density at radius 1 is 1.50 bits per heavy atom. The topological polar surface area (TPSA) is 64.3 Å². The van der Waals surface area contributed by atoms with Crippen LogP contribution in [-0.2, 0) is 9.53 Å². The molecular formula is C13H17ClN2O2. The van der Waals surface area contributed by atoms with Gasteiger partial charge in [-0.2, -0.15) is 0 Å². The highest BCUT2D eigenvalue weighted by molar-refractivity contribution is 6.30. The largest absolute Gasteiger partial charge is 0.368 e. The van der Waals surface area contributed by atoms with Crippen molar-refractivity contribution < 1.29 is 9.53 Å². The number of carbonyl (C=O) groups is 1. The zero-order chi connectivity index (χ0) is 13.0. The number of carbonyl (C=O) groups excluding carboxylic acids is 1. The van der Waals surface area contributed by atoms with Crippen LogP contribution in [0.1, 0.15) is 12.8 Å². The highest BCUT2D eigenvalue weighted by atomic mass is 35.5. The van der Waals surface area contributed by atoms with Gasteiger partial charge in [0.05, 0.1) is 6.10 Å². The van der Waals surface area contributed by atoms with Gasteiger partial charge in [-0.25, -0.2) is 0 Å². The molecule has 0 bridgehead atoms. The molecule has 1 aromatic carbocycles. The first kappa shape index (κ1) is 13.3. The van der Waals surface area contributed by atoms with Gasteiger partial charge in [0.1, 0.15) is 6.61 Å². The van der Waals surface area contributed by atoms with Gasteiger partial charge >= 0.3 is 0 Å². The van der Waals surface area contributed by atoms with Crippen LogP contribution in [0.15, 0.2) is 24.3 Å². The molecule has 0 aromatic heterocycles. The lowest BCUT2D eigenvalue weighted by molar-refractivity contribution is -0.125. The zero-order valence-corrected chi connectivity index (χ0v) is 10.8. The summed E-state index contributed by atoms with van der Waals surface area (Å²) in [6.07, 6.45) is 2.10. The van der Waals surface area contributed by atoms with Crippen LogP contribution in [0.2, 0.25) is 5.02 Å². The maximum atomic E-state index is 11.6. The van der Waals surface area contributed by atoms with Gasteiger partial charge in [0.25, 0.3) is 0 Å². The number of amides is 1. The predicted molar refractivity (Wildman–Crippen MR) is 71.6 cm³/mol. The maximum absolute atomic E-state index is 11.6. The minimum atomic E-state index is -0.159. The first-order chi connectivity index (χ1) is 8.67. The molecule has 0 radical (unpaired) electrons. The van der Waals surface area contributed by atoms with Crippen molar-refractivity contribution in [1.82, 2.24) is 0 Å². The fourth-order valence-corrected chi connectivity index (χ4v) is 2.15. The van der Waals surface area contributed by atoms with E-state index in [2.05, 4.69) is 5.32 Å². The molecule has 0 spiro atoms. The van der Waals surface area contributed by atoms with E-state index in [0.717, 1.165) is 12.8 Å². The first-order valence-electron chi connectivity index (χ1n) is 6.04. The molecule has 0 saturated heterocycles. The Kier molecular flexibility index (Phi) is 4.58. The zero-order valence-electron chi connectivity index (χ0n) is 10.1. The monoisotopic (exact) mass is 268 g/mol. The van der Waals surface area contributed by atoms with Crippen LogP contribution >= 0.6 is 11.6 Å². The summed E-state index contributed by atoms with van der Waals surface area (Å²) in [7, 11) is 0. The van der Waals surface area contributed by atoms with Crippen LogP contribution in [-0.4, -0.2) is 25.2 Å². The van der Waals surface area contributed by atoms with E-state index in [0.29, 0.717) is 23.2 Å². The third-order valence-electron chi connectivity index (χ3n) is 3.08. The Morgan fingerprint density at radius 2 is 2.28 bits per heavy atom. The number of hydrogen-bond acceptors (Lipinski definition) is 3. The Bertz CT molecular complexity index is 419. The van der Waals surface area contributed by atoms with Gasteiger partial charge in [-0.05, 0) is 43.5 Å². The fraction of sp³-hybridized carbons (Fsp3) is 0.462. The van der Waals surface area contributed by atoms with E-state index in [1.54, 1.807) is 24.3 Å². The smallest absolute Gasteiger partial charge is 0.250 e. The van der Waals surface area contributed by atoms with Crippen molar-refractivity contribution in [2.75, 3.05) is 18.5 Å². The van der Waals surface area contributed by atoms with E-state index in [1.165, 1.54) is 0 Å². The average Bonchev–Trinajstić information content (AvgIpc) is 2.27. The SMILES string of the molecule is NCC1CC(OCC(=O)Nc2cccc(Cl)c2)C1. The molecule has 4 nitrogen and oxygen atoms in total. The number of nitrogens with two attached hydrogens (primary N) is 1. The molecule has 1 aliphatic rings. The molecule has 5 heteroatoms. The molecule has 1 aromatic rings. The second-order valence-electron chi connectivity index (χ2n) is 4.56. The quantitative estimate of drug-likeness (QED) is 0.859. The van der Waals surface area contributed by atoms with Crippen LogP contribution in [0.25, 0.3) is 0 Å². The van der Waals surface area contributed by atoms with Crippen molar-refractivity contribution in [1.29, 1.82) is 0 Å². The van der Waals surface area contributed by atoms with E-state index >= 15 is 0 Å². The average molecular weight is 269 g/mol. The minimum Gasteiger partial charge on any atom is -0.368 e. The Labute approximate surface area is 111 Å². The van der Waals surface area contributed by atoms with Crippen LogP contribution in [0.5, 0.6) is 0 Å². The highest BCUT2D eigenvalue weighted by Gasteiger charge is 2.28. The fourth-order valence-electron chi connectivity index (χ4n) is 1.96. The summed E-state index contributed by atoms with van der Waals surface area (Å²) in [4.78, 5) is 11.6. The molecule has 3 N–H and O–H groups in total. The lowest BCUT2D eigenvalue weighted by Gasteiger charge is -2.33. The van der Waals surface area contributed by atoms with Crippen molar-refractivity contribution >= 4 is 23.2 Å². The highest BCUT2D eigenvalue weighted by Crippen LogP contribution is 2.28. The number of halogens is 1. The van der Waals surface area contributed by atoms with Crippen LogP contribution in [0.4, 0.5) is 5.69 Å². The molecule has 0 heterocycles. The third-order valence-corrected chi connectivity index (χ3v) is 3.32. The summed E-state index contributed by atoms with van der Waals surface area (Å²) in [5, 5.41) is 3.33. The van der Waals surface area contributed by atoms with Gasteiger partial charge in [0.2, 0.25) is 5.91 Å². The molecule has 18 heavy (non-hydrogen) atoms. The molecule has 2 rings (SSSR count). The summed E-state index contributed by atoms with van der Waals surface area (Å²) in [6, 6.07) is 7.04. The van der Waals surface area contributed by atoms with Gasteiger partial charge in [0, 0.05) is 10.7 Å². The second-order valence-corrected chi connectivity index (χ2v) is 5.00. The number of benzene rings is 1. The molecule has 1 saturated carbocycles. The van der Waals surface area contributed by atoms with Crippen molar-refractivity contribution in [2.24, 2.45) is 11.7 Å². The van der Waals surface area contributed by atoms with Crippen molar-refractivity contribution in [3.63, 3.8) is 0 Å². The third kappa shape index (κ3) is 3.70. The predicted octanol–water partition coefficient (Wildman–Crippen LogP) is 2.03. The number of hydrogen-bond donors (Lipinski definition) is 2. The molecule has 1 amide bonds. The number of ether oxygens (including phenoxy) is 1. The Morgan fingerprint density at radius 3 is 2.94 bits per heavy atom. The number of rotatable bonds is 5. The van der Waals surface area contributed by atoms with Gasteiger partial charge < -0.3 is 15.8 Å². The van der Waals surface area contributed by atoms with Crippen LogP contribution in [0, 0.1) is 5.92 Å². The van der Waals surface area contributed by atoms with E-state index in [1.807, 2.05) is 0 Å². The minimum absolute atomic E-state index is 0.0778. The summed E-state index contributed by atoms with van der Waals surface area (Å²) >= 11 is 5.83. The Hall–Kier alpha value is -1.10. The molecule has 1 fully saturated rings. The van der Waals surface area contributed by atoms with Gasteiger partial charge in [-0.3, -0.25) is 4.79 Å². The van der Waals surface area contributed by atoms with Crippen molar-refractivity contribution in [3.8, 4) is 0 Å². The standard InChI is InChI=1S/C13H17ClN2O2/c14-10-2-1-3-11(6-10)16-13(17)8-18-12-4-9(5-12)7-15/h1-3,6,9,12H,4-5,7-8,15H2,(H,16,17). The van der Waals surface area contributed by atoms with E-state index < -0.39 is 0 Å². The van der Waals surface area contributed by atoms with Gasteiger partial charge in [-0.1, -0.05) is 17.7 Å². The molecule has 0 unspecified atom stereocenters. The normalized spacial score (nSPS) is 22.3. The maximum Gasteiger partial charge on any atom is 0.250 e. The Balaban J connectivity index is 1.70. The molecule has 1 aliphatic carbocycles. The summed E-state index contributed by atoms with van der Waals surface area (Å²) < 4.78 is 5.47. The van der Waals surface area contributed by atoms with E-state index in [9.17, 15) is 4.79 Å².